The maximum atomic E-state index is 12.6. The van der Waals surface area contributed by atoms with E-state index in [2.05, 4.69) is 15.5 Å². The van der Waals surface area contributed by atoms with E-state index in [0.717, 1.165) is 16.8 Å². The lowest BCUT2D eigenvalue weighted by Crippen LogP contribution is -2.40. The van der Waals surface area contributed by atoms with Gasteiger partial charge in [0.05, 0.1) is 17.6 Å². The molecule has 2 aromatic carbocycles. The fraction of sp³-hybridized carbons (Fsp3) is 0.105. The highest BCUT2D eigenvalue weighted by molar-refractivity contribution is 6.26. The van der Waals surface area contributed by atoms with Crippen molar-refractivity contribution in [2.45, 2.75) is 6.92 Å². The number of benzene rings is 2. The zero-order chi connectivity index (χ0) is 17.4. The number of carbonyl (C=O) groups excluding carboxylic acids is 2. The number of carbonyl (C=O) groups is 2. The molecule has 0 fully saturated rings. The van der Waals surface area contributed by atoms with Crippen molar-refractivity contribution in [2.75, 3.05) is 12.0 Å². The molecule has 1 aromatic heterocycles. The van der Waals surface area contributed by atoms with Gasteiger partial charge in [0.15, 0.2) is 0 Å². The molecule has 1 aliphatic heterocycles. The molecule has 25 heavy (non-hydrogen) atoms. The Balaban J connectivity index is 1.79. The smallest absolute Gasteiger partial charge is 0.261 e. The van der Waals surface area contributed by atoms with Gasteiger partial charge in [-0.05, 0) is 37.3 Å². The van der Waals surface area contributed by atoms with Crippen LogP contribution >= 0.6 is 0 Å². The molecule has 6 nitrogen and oxygen atoms in total. The van der Waals surface area contributed by atoms with Crippen LogP contribution in [0.15, 0.2) is 53.8 Å². The second kappa shape index (κ2) is 5.90. The number of rotatable bonds is 4. The molecule has 2 N–H and O–H groups in total. The van der Waals surface area contributed by atoms with Crippen molar-refractivity contribution >= 4 is 34.5 Å². The van der Waals surface area contributed by atoms with E-state index >= 15 is 0 Å². The molecule has 0 saturated carbocycles. The van der Waals surface area contributed by atoms with Crippen LogP contribution in [0.2, 0.25) is 0 Å². The predicted molar refractivity (Wildman–Crippen MR) is 97.0 cm³/mol. The zero-order valence-electron chi connectivity index (χ0n) is 13.6. The van der Waals surface area contributed by atoms with Crippen molar-refractivity contribution in [3.63, 3.8) is 0 Å². The maximum Gasteiger partial charge on any atom is 0.261 e. The van der Waals surface area contributed by atoms with Crippen LogP contribution in [0, 0.1) is 0 Å². The summed E-state index contributed by atoms with van der Waals surface area (Å²) < 4.78 is 0. The number of nitrogens with one attached hydrogen (secondary N) is 2. The second-order valence-corrected chi connectivity index (χ2v) is 5.74. The molecule has 6 heteroatoms. The van der Waals surface area contributed by atoms with E-state index in [0.29, 0.717) is 23.1 Å². The number of anilines is 1. The summed E-state index contributed by atoms with van der Waals surface area (Å²) in [5.41, 5.74) is 5.71. The van der Waals surface area contributed by atoms with Gasteiger partial charge in [0.2, 0.25) is 0 Å². The summed E-state index contributed by atoms with van der Waals surface area (Å²) in [6.45, 7) is 2.15. The van der Waals surface area contributed by atoms with Gasteiger partial charge < -0.3 is 4.98 Å². The maximum absolute atomic E-state index is 12.6. The number of hydrazone groups is 1. The monoisotopic (exact) mass is 332 g/mol. The van der Waals surface area contributed by atoms with E-state index in [1.54, 1.807) is 25.3 Å². The van der Waals surface area contributed by atoms with Gasteiger partial charge in [0.25, 0.3) is 11.8 Å². The van der Waals surface area contributed by atoms with E-state index in [-0.39, 0.29) is 11.8 Å². The molecule has 3 aromatic rings. The Kier molecular flexibility index (Phi) is 3.57. The van der Waals surface area contributed by atoms with Crippen LogP contribution in [0.3, 0.4) is 0 Å². The van der Waals surface area contributed by atoms with Gasteiger partial charge in [-0.25, -0.2) is 0 Å². The lowest BCUT2D eigenvalue weighted by molar-refractivity contribution is 0.0619. The summed E-state index contributed by atoms with van der Waals surface area (Å²) in [7, 11) is 0. The minimum Gasteiger partial charge on any atom is -0.360 e. The number of nitrogens with zero attached hydrogens (tertiary/aromatic N) is 2. The third-order valence-electron chi connectivity index (χ3n) is 4.32. The van der Waals surface area contributed by atoms with Crippen LogP contribution in [-0.4, -0.2) is 34.5 Å². The zero-order valence-corrected chi connectivity index (χ0v) is 13.6. The van der Waals surface area contributed by atoms with Gasteiger partial charge in [-0.3, -0.25) is 19.9 Å². The van der Waals surface area contributed by atoms with Crippen LogP contribution in [0.1, 0.15) is 33.3 Å². The Morgan fingerprint density at radius 1 is 1.08 bits per heavy atom. The summed E-state index contributed by atoms with van der Waals surface area (Å²) in [5, 5.41) is 5.70. The van der Waals surface area contributed by atoms with Crippen LogP contribution in [0.25, 0.3) is 10.8 Å². The standard InChI is InChI=1S/C19H16N4O2/c1-2-23-18(24)14-7-3-6-13-16(9-8-15(17(13)14)19(23)25)22-21-11-12-5-4-10-20-12/h3-11,20,22H,2H2,1H3/b21-11+. The highest BCUT2D eigenvalue weighted by atomic mass is 16.2. The number of amides is 2. The highest BCUT2D eigenvalue weighted by Crippen LogP contribution is 2.34. The van der Waals surface area contributed by atoms with Crippen molar-refractivity contribution in [3.05, 3.63) is 65.5 Å². The van der Waals surface area contributed by atoms with Crippen molar-refractivity contribution < 1.29 is 9.59 Å². The lowest BCUT2D eigenvalue weighted by atomic mass is 9.93. The SMILES string of the molecule is CCN1C(=O)c2cccc3c(N/N=C/c4ccc[nH]4)ccc(c23)C1=O. The van der Waals surface area contributed by atoms with Crippen molar-refractivity contribution in [3.8, 4) is 0 Å². The minimum absolute atomic E-state index is 0.252. The average molecular weight is 332 g/mol. The third kappa shape index (κ3) is 2.39. The van der Waals surface area contributed by atoms with Gasteiger partial charge in [-0.1, -0.05) is 12.1 Å². The van der Waals surface area contributed by atoms with Gasteiger partial charge >= 0.3 is 0 Å². The van der Waals surface area contributed by atoms with E-state index in [9.17, 15) is 9.59 Å². The van der Waals surface area contributed by atoms with Gasteiger partial charge in [-0.2, -0.15) is 5.10 Å². The molecule has 124 valence electrons. The summed E-state index contributed by atoms with van der Waals surface area (Å²) in [5.74, 6) is -0.504. The Bertz CT molecular complexity index is 983. The fourth-order valence-corrected chi connectivity index (χ4v) is 3.13. The van der Waals surface area contributed by atoms with Crippen LogP contribution in [0.5, 0.6) is 0 Å². The molecule has 4 rings (SSSR count). The highest BCUT2D eigenvalue weighted by Gasteiger charge is 2.32. The molecule has 2 amide bonds. The number of hydrogen-bond acceptors (Lipinski definition) is 4. The lowest BCUT2D eigenvalue weighted by Gasteiger charge is -2.26. The molecule has 0 bridgehead atoms. The van der Waals surface area contributed by atoms with Crippen LogP contribution < -0.4 is 5.43 Å². The largest absolute Gasteiger partial charge is 0.360 e. The molecule has 0 saturated heterocycles. The first-order valence-corrected chi connectivity index (χ1v) is 8.05. The molecule has 1 aliphatic rings. The first-order chi connectivity index (χ1) is 12.2. The van der Waals surface area contributed by atoms with E-state index in [4.69, 9.17) is 0 Å². The number of aromatic amines is 1. The van der Waals surface area contributed by atoms with E-state index < -0.39 is 0 Å². The quantitative estimate of drug-likeness (QED) is 0.437. The molecule has 0 aliphatic carbocycles. The van der Waals surface area contributed by atoms with Gasteiger partial charge in [0.1, 0.15) is 0 Å². The minimum atomic E-state index is -0.252. The van der Waals surface area contributed by atoms with E-state index in [1.165, 1.54) is 4.90 Å². The van der Waals surface area contributed by atoms with Crippen molar-refractivity contribution in [2.24, 2.45) is 5.10 Å². The molecule has 2 heterocycles. The number of H-pyrrole nitrogens is 1. The Morgan fingerprint density at radius 3 is 2.60 bits per heavy atom. The summed E-state index contributed by atoms with van der Waals surface area (Å²) in [6.07, 6.45) is 3.49. The predicted octanol–water partition coefficient (Wildman–Crippen LogP) is 3.23. The Hall–Kier alpha value is -3.41. The average Bonchev–Trinajstić information content (AvgIpc) is 3.14. The summed E-state index contributed by atoms with van der Waals surface area (Å²) >= 11 is 0. The van der Waals surface area contributed by atoms with Gasteiger partial charge in [0, 0.05) is 34.6 Å². The molecular formula is C19H16N4O2. The first kappa shape index (κ1) is 15.1. The molecule has 0 atom stereocenters. The molecular weight excluding hydrogens is 316 g/mol. The van der Waals surface area contributed by atoms with E-state index in [1.807, 2.05) is 36.5 Å². The number of aromatic nitrogens is 1. The summed E-state index contributed by atoms with van der Waals surface area (Å²) in [6, 6.07) is 12.8. The van der Waals surface area contributed by atoms with Crippen molar-refractivity contribution in [1.82, 2.24) is 9.88 Å². The van der Waals surface area contributed by atoms with Crippen molar-refractivity contribution in [1.29, 1.82) is 0 Å². The molecule has 0 unspecified atom stereocenters. The molecule has 0 radical (unpaired) electrons. The summed E-state index contributed by atoms with van der Waals surface area (Å²) in [4.78, 5) is 29.5. The number of hydrogen-bond donors (Lipinski definition) is 2. The first-order valence-electron chi connectivity index (χ1n) is 8.05. The third-order valence-corrected chi connectivity index (χ3v) is 4.32. The second-order valence-electron chi connectivity index (χ2n) is 5.74. The van der Waals surface area contributed by atoms with Crippen LogP contribution in [-0.2, 0) is 0 Å². The fourth-order valence-electron chi connectivity index (χ4n) is 3.13. The Morgan fingerprint density at radius 2 is 1.88 bits per heavy atom. The number of imide groups is 1. The van der Waals surface area contributed by atoms with Crippen LogP contribution in [0.4, 0.5) is 5.69 Å². The molecule has 0 spiro atoms. The topological polar surface area (TPSA) is 77.6 Å². The Labute approximate surface area is 144 Å². The normalized spacial score (nSPS) is 13.9. The van der Waals surface area contributed by atoms with Gasteiger partial charge in [-0.15, -0.1) is 0 Å².